The molecule has 141 valence electrons. The van der Waals surface area contributed by atoms with Crippen LogP contribution in [0.15, 0.2) is 42.5 Å². The zero-order valence-electron chi connectivity index (χ0n) is 16.9. The van der Waals surface area contributed by atoms with E-state index in [0.717, 1.165) is 40.9 Å². The van der Waals surface area contributed by atoms with Crippen LogP contribution in [0.1, 0.15) is 41.5 Å². The van der Waals surface area contributed by atoms with Crippen LogP contribution >= 0.6 is 0 Å². The van der Waals surface area contributed by atoms with Crippen molar-refractivity contribution in [3.05, 3.63) is 64.7 Å². The van der Waals surface area contributed by atoms with Gasteiger partial charge in [-0.15, -0.1) is 0 Å². The predicted molar refractivity (Wildman–Crippen MR) is 108 cm³/mol. The number of anilines is 1. The zero-order chi connectivity index (χ0) is 18.6. The summed E-state index contributed by atoms with van der Waals surface area (Å²) in [6.07, 6.45) is 3.71. The molecule has 1 aliphatic heterocycles. The Balaban J connectivity index is 0.00000261. The van der Waals surface area contributed by atoms with Gasteiger partial charge in [0.1, 0.15) is 6.54 Å². The molecule has 3 rings (SSSR count). The molecular formula is C23H31N2OY+. The third-order valence-electron chi connectivity index (χ3n) is 5.55. The van der Waals surface area contributed by atoms with Crippen molar-refractivity contribution >= 4 is 11.6 Å². The van der Waals surface area contributed by atoms with Gasteiger partial charge in [-0.1, -0.05) is 48.0 Å². The second-order valence-electron chi connectivity index (χ2n) is 7.97. The van der Waals surface area contributed by atoms with Gasteiger partial charge in [-0.3, -0.25) is 4.79 Å². The fourth-order valence-electron chi connectivity index (χ4n) is 4.39. The van der Waals surface area contributed by atoms with Crippen LogP contribution in [0.4, 0.5) is 5.69 Å². The topological polar surface area (TPSA) is 29.1 Å². The van der Waals surface area contributed by atoms with Crippen molar-refractivity contribution in [2.75, 3.05) is 25.0 Å². The van der Waals surface area contributed by atoms with Crippen LogP contribution in [0.5, 0.6) is 0 Å². The van der Waals surface area contributed by atoms with E-state index >= 15 is 0 Å². The van der Waals surface area contributed by atoms with Gasteiger partial charge in [-0.2, -0.15) is 0 Å². The van der Waals surface area contributed by atoms with Crippen LogP contribution in [0.3, 0.4) is 0 Å². The van der Waals surface area contributed by atoms with Gasteiger partial charge in [0.2, 0.25) is 0 Å². The van der Waals surface area contributed by atoms with Crippen molar-refractivity contribution in [2.24, 2.45) is 0 Å². The van der Waals surface area contributed by atoms with Gasteiger partial charge >= 0.3 is 0 Å². The number of quaternary nitrogens is 1. The van der Waals surface area contributed by atoms with E-state index in [1.54, 1.807) is 0 Å². The second kappa shape index (κ2) is 9.95. The first-order valence-electron chi connectivity index (χ1n) is 9.74. The van der Waals surface area contributed by atoms with Gasteiger partial charge in [0.25, 0.3) is 5.91 Å². The van der Waals surface area contributed by atoms with Crippen LogP contribution in [0.2, 0.25) is 0 Å². The molecule has 0 bridgehead atoms. The fraction of sp³-hybridized carbons (Fsp3) is 0.435. The van der Waals surface area contributed by atoms with Crippen molar-refractivity contribution in [3.8, 4) is 0 Å². The third-order valence-corrected chi connectivity index (χ3v) is 5.55. The second-order valence-corrected chi connectivity index (χ2v) is 7.97. The largest absolute Gasteiger partial charge is 0.321 e. The van der Waals surface area contributed by atoms with E-state index < -0.39 is 0 Å². The molecule has 1 aliphatic rings. The number of rotatable bonds is 5. The molecule has 1 amide bonds. The summed E-state index contributed by atoms with van der Waals surface area (Å²) in [5.41, 5.74) is 5.83. The maximum absolute atomic E-state index is 12.9. The van der Waals surface area contributed by atoms with E-state index in [1.165, 1.54) is 30.4 Å². The summed E-state index contributed by atoms with van der Waals surface area (Å²) in [7, 11) is 0. The number of amides is 1. The molecule has 3 nitrogen and oxygen atoms in total. The van der Waals surface area contributed by atoms with Gasteiger partial charge < -0.3 is 9.80 Å². The van der Waals surface area contributed by atoms with Gasteiger partial charge in [0, 0.05) is 44.0 Å². The molecule has 0 saturated carbocycles. The molecule has 0 spiro atoms. The normalized spacial score (nSPS) is 15.7. The molecule has 1 fully saturated rings. The minimum Gasteiger partial charge on any atom is -0.321 e. The predicted octanol–water partition coefficient (Wildman–Crippen LogP) is 4.75. The van der Waals surface area contributed by atoms with E-state index in [9.17, 15) is 4.79 Å². The Morgan fingerprint density at radius 3 is 2.15 bits per heavy atom. The number of piperidine rings is 1. The van der Waals surface area contributed by atoms with Gasteiger partial charge in [-0.25, -0.2) is 0 Å². The number of nitrogens with zero attached hydrogens (tertiary/aromatic N) is 1. The first-order valence-corrected chi connectivity index (χ1v) is 9.74. The van der Waals surface area contributed by atoms with Gasteiger partial charge in [-0.05, 0) is 51.2 Å². The van der Waals surface area contributed by atoms with Crippen molar-refractivity contribution in [1.29, 1.82) is 0 Å². The first-order chi connectivity index (χ1) is 12.5. The van der Waals surface area contributed by atoms with Crippen molar-refractivity contribution in [1.82, 2.24) is 0 Å². The van der Waals surface area contributed by atoms with Crippen molar-refractivity contribution < 1.29 is 42.0 Å². The minimum absolute atomic E-state index is 0. The fourth-order valence-corrected chi connectivity index (χ4v) is 4.39. The van der Waals surface area contributed by atoms with Crippen molar-refractivity contribution in [3.63, 3.8) is 0 Å². The Hall–Kier alpha value is -1.03. The van der Waals surface area contributed by atoms with Crippen LogP contribution in [0, 0.1) is 20.8 Å². The molecular weight excluding hydrogens is 409 g/mol. The summed E-state index contributed by atoms with van der Waals surface area (Å²) >= 11 is 0. The standard InChI is InChI=1S/C23H30N2O.Y/c1-18-14-19(2)23(20(3)15-18)24-22(26)17-25(12-8-5-9-13-25)16-21-10-6-4-7-11-21;/h4,6-7,10-11,14-15H,5,8-9,12-13,16-17H2,1-3H3;/p+1. The molecule has 1 heterocycles. The number of benzene rings is 2. The number of hydrogen-bond donors (Lipinski definition) is 1. The Bertz CT molecular complexity index is 744. The third kappa shape index (κ3) is 5.97. The number of likely N-dealkylation sites (tertiary alicyclic amines) is 1. The Kier molecular flexibility index (Phi) is 8.21. The zero-order valence-corrected chi connectivity index (χ0v) is 19.8. The van der Waals surface area contributed by atoms with Crippen LogP contribution in [-0.4, -0.2) is 30.0 Å². The number of nitrogens with one attached hydrogen (secondary N) is 1. The van der Waals surface area contributed by atoms with E-state index in [0.29, 0.717) is 6.54 Å². The SMILES string of the molecule is Cc1cc(C)c(NC(=O)C[N+]2(Cc3ccccc3)CCCCC2)c(C)c1.[Y]. The Labute approximate surface area is 189 Å². The average Bonchev–Trinajstić information content (AvgIpc) is 2.59. The summed E-state index contributed by atoms with van der Waals surface area (Å²) in [4.78, 5) is 12.9. The van der Waals surface area contributed by atoms with Crippen LogP contribution in [-0.2, 0) is 44.0 Å². The molecule has 1 radical (unpaired) electrons. The van der Waals surface area contributed by atoms with E-state index in [2.05, 4.69) is 68.6 Å². The number of hydrogen-bond acceptors (Lipinski definition) is 1. The summed E-state index contributed by atoms with van der Waals surface area (Å²) in [6.45, 7) is 9.93. The number of aryl methyl sites for hydroxylation is 3. The monoisotopic (exact) mass is 440 g/mol. The number of carbonyl (C=O) groups excluding carboxylic acids is 1. The van der Waals surface area contributed by atoms with Crippen LogP contribution < -0.4 is 5.32 Å². The van der Waals surface area contributed by atoms with Gasteiger partial charge in [0.15, 0.2) is 6.54 Å². The van der Waals surface area contributed by atoms with Crippen LogP contribution in [0.25, 0.3) is 0 Å². The molecule has 2 aromatic carbocycles. The summed E-state index contributed by atoms with van der Waals surface area (Å²) in [5.74, 6) is 0.137. The molecule has 4 heteroatoms. The van der Waals surface area contributed by atoms with Crippen molar-refractivity contribution in [2.45, 2.75) is 46.6 Å². The first kappa shape index (κ1) is 22.3. The molecule has 1 saturated heterocycles. The quantitative estimate of drug-likeness (QED) is 0.669. The molecule has 0 atom stereocenters. The van der Waals surface area contributed by atoms with E-state index in [-0.39, 0.29) is 38.6 Å². The molecule has 0 unspecified atom stereocenters. The Morgan fingerprint density at radius 2 is 1.56 bits per heavy atom. The minimum atomic E-state index is 0. The Morgan fingerprint density at radius 1 is 0.963 bits per heavy atom. The maximum atomic E-state index is 12.9. The molecule has 2 aromatic rings. The smallest absolute Gasteiger partial charge is 0.279 e. The molecule has 27 heavy (non-hydrogen) atoms. The molecule has 0 aliphatic carbocycles. The van der Waals surface area contributed by atoms with E-state index in [1.807, 2.05) is 0 Å². The summed E-state index contributed by atoms with van der Waals surface area (Å²) in [6, 6.07) is 14.9. The van der Waals surface area contributed by atoms with Gasteiger partial charge in [0.05, 0.1) is 13.1 Å². The average molecular weight is 440 g/mol. The van der Waals surface area contributed by atoms with E-state index in [4.69, 9.17) is 0 Å². The molecule has 1 N–H and O–H groups in total. The summed E-state index contributed by atoms with van der Waals surface area (Å²) in [5, 5.41) is 3.21. The maximum Gasteiger partial charge on any atom is 0.279 e. The summed E-state index contributed by atoms with van der Waals surface area (Å²) < 4.78 is 0.875. The molecule has 0 aromatic heterocycles. The number of carbonyl (C=O) groups is 1.